The molecule has 0 atom stereocenters. The summed E-state index contributed by atoms with van der Waals surface area (Å²) in [5.41, 5.74) is 1.04. The Labute approximate surface area is 165 Å². The molecule has 2 aromatic carbocycles. The van der Waals surface area contributed by atoms with Gasteiger partial charge in [-0.1, -0.05) is 12.1 Å². The van der Waals surface area contributed by atoms with E-state index in [0.29, 0.717) is 36.3 Å². The maximum Gasteiger partial charge on any atom is 0.190 e. The van der Waals surface area contributed by atoms with Crippen molar-refractivity contribution in [2.75, 3.05) is 33.0 Å². The van der Waals surface area contributed by atoms with Crippen molar-refractivity contribution in [2.45, 2.75) is 17.7 Å². The van der Waals surface area contributed by atoms with Crippen LogP contribution in [0.25, 0.3) is 0 Å². The zero-order valence-corrected chi connectivity index (χ0v) is 16.9. The molecule has 0 fully saturated rings. The molecule has 0 aliphatic heterocycles. The van der Waals surface area contributed by atoms with Gasteiger partial charge in [-0.25, -0.2) is 12.8 Å². The normalized spacial score (nSPS) is 11.9. The molecule has 0 saturated heterocycles. The van der Waals surface area contributed by atoms with Crippen molar-refractivity contribution in [3.63, 3.8) is 0 Å². The van der Waals surface area contributed by atoms with E-state index in [-0.39, 0.29) is 5.82 Å². The summed E-state index contributed by atoms with van der Waals surface area (Å²) in [6.45, 7) is 1.87. The predicted octanol–water partition coefficient (Wildman–Crippen LogP) is 2.41. The minimum atomic E-state index is -3.16. The Morgan fingerprint density at radius 3 is 2.29 bits per heavy atom. The number of benzene rings is 2. The lowest BCUT2D eigenvalue weighted by Crippen LogP contribution is -2.39. The summed E-state index contributed by atoms with van der Waals surface area (Å²) in [5, 5.41) is 6.42. The smallest absolute Gasteiger partial charge is 0.190 e. The molecule has 0 aromatic heterocycles. The molecule has 0 aliphatic rings. The first-order chi connectivity index (χ1) is 13.4. The van der Waals surface area contributed by atoms with E-state index in [1.807, 2.05) is 12.1 Å². The third kappa shape index (κ3) is 7.56. The van der Waals surface area contributed by atoms with Gasteiger partial charge in [0.25, 0.3) is 0 Å². The molecule has 0 spiro atoms. The van der Waals surface area contributed by atoms with Crippen LogP contribution in [0.2, 0.25) is 0 Å². The monoisotopic (exact) mass is 407 g/mol. The number of rotatable bonds is 9. The van der Waals surface area contributed by atoms with E-state index in [9.17, 15) is 12.8 Å². The van der Waals surface area contributed by atoms with E-state index in [1.165, 1.54) is 18.4 Å². The van der Waals surface area contributed by atoms with Crippen LogP contribution < -0.4 is 15.4 Å². The lowest BCUT2D eigenvalue weighted by atomic mass is 10.1. The van der Waals surface area contributed by atoms with Crippen LogP contribution in [-0.4, -0.2) is 47.4 Å². The Morgan fingerprint density at radius 1 is 1.04 bits per heavy atom. The predicted molar refractivity (Wildman–Crippen MR) is 109 cm³/mol. The van der Waals surface area contributed by atoms with Gasteiger partial charge >= 0.3 is 0 Å². The maximum atomic E-state index is 12.8. The number of guanidine groups is 1. The van der Waals surface area contributed by atoms with Gasteiger partial charge in [0, 0.05) is 26.4 Å². The maximum absolute atomic E-state index is 12.8. The Balaban J connectivity index is 1.64. The van der Waals surface area contributed by atoms with Gasteiger partial charge < -0.3 is 15.4 Å². The van der Waals surface area contributed by atoms with Crippen LogP contribution in [0.3, 0.4) is 0 Å². The molecule has 0 unspecified atom stereocenters. The largest absolute Gasteiger partial charge is 0.494 e. The van der Waals surface area contributed by atoms with Crippen molar-refractivity contribution >= 4 is 15.8 Å². The number of nitrogens with one attached hydrogen (secondary N) is 2. The second kappa shape index (κ2) is 10.7. The van der Waals surface area contributed by atoms with Crippen LogP contribution in [0.1, 0.15) is 12.0 Å². The number of ether oxygens (including phenoxy) is 1. The van der Waals surface area contributed by atoms with Crippen LogP contribution >= 0.6 is 0 Å². The number of aliphatic imine (C=N–C) groups is 1. The number of hydrogen-bond acceptors (Lipinski definition) is 4. The van der Waals surface area contributed by atoms with E-state index < -0.39 is 9.84 Å². The summed E-state index contributed by atoms with van der Waals surface area (Å²) in [5.74, 6) is 1.05. The summed E-state index contributed by atoms with van der Waals surface area (Å²) >= 11 is 0. The van der Waals surface area contributed by atoms with Gasteiger partial charge in [-0.05, 0) is 54.8 Å². The van der Waals surface area contributed by atoms with E-state index >= 15 is 0 Å². The van der Waals surface area contributed by atoms with E-state index in [0.717, 1.165) is 18.4 Å². The quantitative estimate of drug-likeness (QED) is 0.379. The van der Waals surface area contributed by atoms with Gasteiger partial charge in [-0.2, -0.15) is 0 Å². The number of nitrogens with zero attached hydrogens (tertiary/aromatic N) is 1. The van der Waals surface area contributed by atoms with Crippen LogP contribution in [0.4, 0.5) is 4.39 Å². The molecule has 2 N–H and O–H groups in total. The van der Waals surface area contributed by atoms with Crippen LogP contribution in [0.5, 0.6) is 5.75 Å². The average molecular weight is 408 g/mol. The van der Waals surface area contributed by atoms with Crippen molar-refractivity contribution in [3.05, 3.63) is 59.9 Å². The number of hydrogen-bond donors (Lipinski definition) is 2. The van der Waals surface area contributed by atoms with E-state index in [4.69, 9.17) is 4.74 Å². The molecule has 8 heteroatoms. The second-order valence-electron chi connectivity index (χ2n) is 6.25. The zero-order valence-electron chi connectivity index (χ0n) is 16.1. The minimum Gasteiger partial charge on any atom is -0.494 e. The molecular weight excluding hydrogens is 381 g/mol. The molecule has 152 valence electrons. The molecule has 0 amide bonds. The van der Waals surface area contributed by atoms with Gasteiger partial charge in [-0.3, -0.25) is 4.99 Å². The first-order valence-electron chi connectivity index (χ1n) is 9.00. The number of sulfone groups is 1. The second-order valence-corrected chi connectivity index (χ2v) is 8.26. The van der Waals surface area contributed by atoms with Crippen LogP contribution in [0, 0.1) is 5.82 Å². The standard InChI is InChI=1S/C20H26FN3O3S/c1-22-20(23-13-3-15-27-18-8-6-17(21)7-9-18)24-14-12-16-4-10-19(11-5-16)28(2,25)26/h4-11H,3,12-15H2,1-2H3,(H2,22,23,24). The van der Waals surface area contributed by atoms with Crippen molar-refractivity contribution < 1.29 is 17.5 Å². The van der Waals surface area contributed by atoms with Crippen molar-refractivity contribution in [1.29, 1.82) is 0 Å². The highest BCUT2D eigenvalue weighted by atomic mass is 32.2. The molecule has 0 radical (unpaired) electrons. The van der Waals surface area contributed by atoms with Crippen molar-refractivity contribution in [1.82, 2.24) is 10.6 Å². The lowest BCUT2D eigenvalue weighted by Gasteiger charge is -2.12. The SMILES string of the molecule is CN=C(NCCCOc1ccc(F)cc1)NCCc1ccc(S(C)(=O)=O)cc1. The van der Waals surface area contributed by atoms with Gasteiger partial charge in [-0.15, -0.1) is 0 Å². The van der Waals surface area contributed by atoms with Crippen LogP contribution in [0.15, 0.2) is 58.4 Å². The summed E-state index contributed by atoms with van der Waals surface area (Å²) in [6.07, 6.45) is 2.72. The van der Waals surface area contributed by atoms with Crippen LogP contribution in [-0.2, 0) is 16.3 Å². The van der Waals surface area contributed by atoms with Gasteiger partial charge in [0.15, 0.2) is 15.8 Å². The molecule has 0 bridgehead atoms. The first-order valence-corrected chi connectivity index (χ1v) is 10.9. The molecule has 2 rings (SSSR count). The van der Waals surface area contributed by atoms with Gasteiger partial charge in [0.1, 0.15) is 11.6 Å². The van der Waals surface area contributed by atoms with Crippen molar-refractivity contribution in [3.8, 4) is 5.75 Å². The molecular formula is C20H26FN3O3S. The van der Waals surface area contributed by atoms with Gasteiger partial charge in [0.05, 0.1) is 11.5 Å². The molecule has 28 heavy (non-hydrogen) atoms. The minimum absolute atomic E-state index is 0.282. The third-order valence-corrected chi connectivity index (χ3v) is 5.11. The fourth-order valence-corrected chi connectivity index (χ4v) is 3.08. The zero-order chi connectivity index (χ0) is 20.4. The fourth-order valence-electron chi connectivity index (χ4n) is 2.45. The molecule has 6 nitrogen and oxygen atoms in total. The summed E-state index contributed by atoms with van der Waals surface area (Å²) in [6, 6.07) is 12.8. The topological polar surface area (TPSA) is 79.8 Å². The van der Waals surface area contributed by atoms with E-state index in [1.54, 1.807) is 31.3 Å². The van der Waals surface area contributed by atoms with Crippen molar-refractivity contribution in [2.24, 2.45) is 4.99 Å². The average Bonchev–Trinajstić information content (AvgIpc) is 2.67. The van der Waals surface area contributed by atoms with Gasteiger partial charge in [0.2, 0.25) is 0 Å². The summed E-state index contributed by atoms with van der Waals surface area (Å²) in [4.78, 5) is 4.49. The number of halogens is 1. The summed E-state index contributed by atoms with van der Waals surface area (Å²) in [7, 11) is -1.46. The summed E-state index contributed by atoms with van der Waals surface area (Å²) < 4.78 is 41.3. The highest BCUT2D eigenvalue weighted by molar-refractivity contribution is 7.90. The highest BCUT2D eigenvalue weighted by Gasteiger charge is 2.06. The molecule has 0 saturated carbocycles. The fraction of sp³-hybridized carbons (Fsp3) is 0.350. The Hall–Kier alpha value is -2.61. The Bertz CT molecular complexity index is 867. The Kier molecular flexibility index (Phi) is 8.25. The lowest BCUT2D eigenvalue weighted by molar-refractivity contribution is 0.310. The first kappa shape index (κ1) is 21.7. The highest BCUT2D eigenvalue weighted by Crippen LogP contribution is 2.11. The molecule has 0 aliphatic carbocycles. The third-order valence-electron chi connectivity index (χ3n) is 3.98. The molecule has 2 aromatic rings. The molecule has 0 heterocycles. The Morgan fingerprint density at radius 2 is 1.68 bits per heavy atom. The van der Waals surface area contributed by atoms with E-state index in [2.05, 4.69) is 15.6 Å².